The largest absolute Gasteiger partial charge is 0.483 e. The average Bonchev–Trinajstić information content (AvgIpc) is 2.63. The van der Waals surface area contributed by atoms with Crippen molar-refractivity contribution in [3.8, 4) is 5.75 Å². The Morgan fingerprint density at radius 3 is 2.68 bits per heavy atom. The van der Waals surface area contributed by atoms with Crippen LogP contribution in [0.1, 0.15) is 22.5 Å². The van der Waals surface area contributed by atoms with Gasteiger partial charge in [0, 0.05) is 25.4 Å². The van der Waals surface area contributed by atoms with Crippen LogP contribution in [-0.2, 0) is 13.2 Å². The Bertz CT molecular complexity index is 744. The van der Waals surface area contributed by atoms with Crippen molar-refractivity contribution in [1.29, 1.82) is 0 Å². The highest BCUT2D eigenvalue weighted by Gasteiger charge is 2.20. The van der Waals surface area contributed by atoms with Gasteiger partial charge in [0.15, 0.2) is 11.4 Å². The Balaban J connectivity index is 2.30. The number of ether oxygens (including phenoxy) is 1. The molecule has 0 saturated heterocycles. The Hall–Kier alpha value is -2.64. The lowest BCUT2D eigenvalue weighted by molar-refractivity contribution is 0.0936. The van der Waals surface area contributed by atoms with Crippen LogP contribution in [0.2, 0.25) is 0 Å². The Labute approximate surface area is 146 Å². The van der Waals surface area contributed by atoms with Gasteiger partial charge in [0.1, 0.15) is 6.61 Å². The molecular formula is C18H23N3O4. The fourth-order valence-corrected chi connectivity index (χ4v) is 2.34. The Morgan fingerprint density at radius 1 is 1.24 bits per heavy atom. The monoisotopic (exact) mass is 345 g/mol. The number of amides is 1. The van der Waals surface area contributed by atoms with Crippen LogP contribution >= 0.6 is 0 Å². The molecule has 0 unspecified atom stereocenters. The summed E-state index contributed by atoms with van der Waals surface area (Å²) in [4.78, 5) is 24.8. The smallest absolute Gasteiger partial charge is 0.271 e. The summed E-state index contributed by atoms with van der Waals surface area (Å²) in [5.41, 5.74) is 6.04. The van der Waals surface area contributed by atoms with E-state index in [-0.39, 0.29) is 36.6 Å². The summed E-state index contributed by atoms with van der Waals surface area (Å²) in [5.74, 6) is -0.451. The molecule has 1 aromatic carbocycles. The van der Waals surface area contributed by atoms with Crippen LogP contribution in [0.25, 0.3) is 0 Å². The van der Waals surface area contributed by atoms with E-state index in [9.17, 15) is 14.7 Å². The molecule has 134 valence electrons. The predicted octanol–water partition coefficient (Wildman–Crippen LogP) is 0.498. The minimum absolute atomic E-state index is 0.0231. The maximum atomic E-state index is 12.5. The van der Waals surface area contributed by atoms with Gasteiger partial charge in [0.25, 0.3) is 5.91 Å². The van der Waals surface area contributed by atoms with E-state index < -0.39 is 5.91 Å². The quantitative estimate of drug-likeness (QED) is 0.574. The normalized spacial score (nSPS) is 10.5. The van der Waals surface area contributed by atoms with Crippen LogP contribution in [0.5, 0.6) is 5.75 Å². The molecular weight excluding hydrogens is 322 g/mol. The van der Waals surface area contributed by atoms with Gasteiger partial charge in [0.2, 0.25) is 5.43 Å². The number of aliphatic hydroxyl groups excluding tert-OH is 1. The highest BCUT2D eigenvalue weighted by Crippen LogP contribution is 2.15. The van der Waals surface area contributed by atoms with Crippen molar-refractivity contribution in [3.05, 3.63) is 64.1 Å². The number of rotatable bonds is 9. The number of carbonyl (C=O) groups is 1. The molecule has 1 amide bonds. The van der Waals surface area contributed by atoms with Crippen LogP contribution in [-0.4, -0.2) is 35.3 Å². The van der Waals surface area contributed by atoms with Gasteiger partial charge in [-0.15, -0.1) is 0 Å². The van der Waals surface area contributed by atoms with Gasteiger partial charge in [-0.25, -0.2) is 0 Å². The number of aromatic nitrogens is 1. The van der Waals surface area contributed by atoms with E-state index in [1.54, 1.807) is 0 Å². The van der Waals surface area contributed by atoms with E-state index in [1.165, 1.54) is 16.8 Å². The van der Waals surface area contributed by atoms with Gasteiger partial charge in [0.05, 0.1) is 6.61 Å². The lowest BCUT2D eigenvalue weighted by atomic mass is 10.2. The Kier molecular flexibility index (Phi) is 7.18. The number of carbonyl (C=O) groups excluding carboxylic acids is 1. The van der Waals surface area contributed by atoms with Crippen molar-refractivity contribution in [3.63, 3.8) is 0 Å². The van der Waals surface area contributed by atoms with Gasteiger partial charge in [-0.2, -0.15) is 0 Å². The molecule has 2 aromatic rings. The zero-order valence-electron chi connectivity index (χ0n) is 14.0. The van der Waals surface area contributed by atoms with E-state index >= 15 is 0 Å². The fourth-order valence-electron chi connectivity index (χ4n) is 2.34. The number of hydrogen-bond donors (Lipinski definition) is 3. The molecule has 1 heterocycles. The lowest BCUT2D eigenvalue weighted by Gasteiger charge is -2.16. The standard InChI is InChI=1S/C18H23N3O4/c19-8-4-9-20-18(24)16-17(15(23)7-10-21(16)11-12-22)25-13-14-5-2-1-3-6-14/h1-3,5-7,10,22H,4,8-9,11-13,19H2,(H,20,24). The van der Waals surface area contributed by atoms with Gasteiger partial charge in [-0.3, -0.25) is 9.59 Å². The first-order valence-electron chi connectivity index (χ1n) is 8.16. The van der Waals surface area contributed by atoms with Crippen LogP contribution in [0.3, 0.4) is 0 Å². The topological polar surface area (TPSA) is 107 Å². The van der Waals surface area contributed by atoms with E-state index in [4.69, 9.17) is 10.5 Å². The number of nitrogens with zero attached hydrogens (tertiary/aromatic N) is 1. The summed E-state index contributed by atoms with van der Waals surface area (Å²) >= 11 is 0. The molecule has 7 nitrogen and oxygen atoms in total. The summed E-state index contributed by atoms with van der Waals surface area (Å²) < 4.78 is 7.18. The Morgan fingerprint density at radius 2 is 2.00 bits per heavy atom. The molecule has 0 bridgehead atoms. The van der Waals surface area contributed by atoms with Crippen molar-refractivity contribution in [2.45, 2.75) is 19.6 Å². The van der Waals surface area contributed by atoms with Crippen molar-refractivity contribution in [1.82, 2.24) is 9.88 Å². The molecule has 0 atom stereocenters. The molecule has 0 radical (unpaired) electrons. The number of benzene rings is 1. The summed E-state index contributed by atoms with van der Waals surface area (Å²) in [6.07, 6.45) is 2.11. The van der Waals surface area contributed by atoms with E-state index in [1.807, 2.05) is 30.3 Å². The zero-order chi connectivity index (χ0) is 18.1. The molecule has 25 heavy (non-hydrogen) atoms. The first-order valence-corrected chi connectivity index (χ1v) is 8.16. The first kappa shape index (κ1) is 18.7. The number of nitrogens with one attached hydrogen (secondary N) is 1. The molecule has 4 N–H and O–H groups in total. The van der Waals surface area contributed by atoms with Crippen molar-refractivity contribution >= 4 is 5.91 Å². The maximum Gasteiger partial charge on any atom is 0.271 e. The van der Waals surface area contributed by atoms with Crippen LogP contribution in [0, 0.1) is 0 Å². The lowest BCUT2D eigenvalue weighted by Crippen LogP contribution is -2.31. The number of nitrogens with two attached hydrogens (primary N) is 1. The third-order valence-electron chi connectivity index (χ3n) is 3.58. The minimum Gasteiger partial charge on any atom is -0.483 e. The number of pyridine rings is 1. The molecule has 0 fully saturated rings. The van der Waals surface area contributed by atoms with E-state index in [0.29, 0.717) is 19.5 Å². The van der Waals surface area contributed by atoms with Crippen molar-refractivity contribution in [2.75, 3.05) is 19.7 Å². The van der Waals surface area contributed by atoms with Crippen molar-refractivity contribution in [2.24, 2.45) is 5.73 Å². The SMILES string of the molecule is NCCCNC(=O)c1c(OCc2ccccc2)c(=O)ccn1CCO. The average molecular weight is 345 g/mol. The molecule has 0 aliphatic rings. The number of aliphatic hydroxyl groups is 1. The molecule has 1 aromatic heterocycles. The molecule has 2 rings (SSSR count). The highest BCUT2D eigenvalue weighted by molar-refractivity contribution is 5.95. The van der Waals surface area contributed by atoms with Crippen molar-refractivity contribution < 1.29 is 14.6 Å². The summed E-state index contributed by atoms with van der Waals surface area (Å²) in [6.45, 7) is 1.04. The van der Waals surface area contributed by atoms with Gasteiger partial charge in [-0.05, 0) is 18.5 Å². The van der Waals surface area contributed by atoms with E-state index in [2.05, 4.69) is 5.32 Å². The molecule has 0 spiro atoms. The van der Waals surface area contributed by atoms with Crippen LogP contribution in [0.4, 0.5) is 0 Å². The summed E-state index contributed by atoms with van der Waals surface area (Å²) in [6, 6.07) is 10.7. The maximum absolute atomic E-state index is 12.5. The second-order valence-corrected chi connectivity index (χ2v) is 5.45. The van der Waals surface area contributed by atoms with E-state index in [0.717, 1.165) is 5.56 Å². The minimum atomic E-state index is -0.428. The summed E-state index contributed by atoms with van der Waals surface area (Å²) in [5, 5.41) is 11.9. The third-order valence-corrected chi connectivity index (χ3v) is 3.58. The number of hydrogen-bond acceptors (Lipinski definition) is 5. The zero-order valence-corrected chi connectivity index (χ0v) is 14.0. The third kappa shape index (κ3) is 5.17. The summed E-state index contributed by atoms with van der Waals surface area (Å²) in [7, 11) is 0. The molecule has 0 aliphatic carbocycles. The van der Waals surface area contributed by atoms with Gasteiger partial charge in [-0.1, -0.05) is 30.3 Å². The molecule has 7 heteroatoms. The van der Waals surface area contributed by atoms with Gasteiger partial charge >= 0.3 is 0 Å². The van der Waals surface area contributed by atoms with Gasteiger partial charge < -0.3 is 25.5 Å². The van der Waals surface area contributed by atoms with Crippen LogP contribution in [0.15, 0.2) is 47.4 Å². The fraction of sp³-hybridized carbons (Fsp3) is 0.333. The second-order valence-electron chi connectivity index (χ2n) is 5.45. The van der Waals surface area contributed by atoms with Crippen LogP contribution < -0.4 is 21.2 Å². The highest BCUT2D eigenvalue weighted by atomic mass is 16.5. The predicted molar refractivity (Wildman–Crippen MR) is 94.6 cm³/mol. The molecule has 0 aliphatic heterocycles. The molecule has 0 saturated carbocycles. The first-order chi connectivity index (χ1) is 12.2. The second kappa shape index (κ2) is 9.61.